The Balaban J connectivity index is 1.12. The van der Waals surface area contributed by atoms with Crippen LogP contribution in [0.15, 0.2) is 41.2 Å². The predicted molar refractivity (Wildman–Crippen MR) is 182 cm³/mol. The third-order valence-electron chi connectivity index (χ3n) is 10.2. The van der Waals surface area contributed by atoms with E-state index in [0.29, 0.717) is 62.2 Å². The van der Waals surface area contributed by atoms with E-state index in [2.05, 4.69) is 27.1 Å². The van der Waals surface area contributed by atoms with Gasteiger partial charge in [-0.15, -0.1) is 0 Å². The van der Waals surface area contributed by atoms with Crippen LogP contribution in [0.2, 0.25) is 5.02 Å². The number of nitrogens with zero attached hydrogens (tertiary/aromatic N) is 5. The molecule has 0 aliphatic carbocycles. The molecule has 6 rings (SSSR count). The predicted octanol–water partition coefficient (Wildman–Crippen LogP) is 3.46. The number of carbonyl (C=O) groups excluding carboxylic acids is 2. The molecule has 3 saturated heterocycles. The van der Waals surface area contributed by atoms with Crippen LogP contribution in [0.25, 0.3) is 11.0 Å². The van der Waals surface area contributed by atoms with E-state index in [0.717, 1.165) is 61.2 Å². The van der Waals surface area contributed by atoms with Crippen molar-refractivity contribution >= 4 is 40.3 Å². The molecule has 0 bridgehead atoms. The average Bonchev–Trinajstić information content (AvgIpc) is 3.24. The summed E-state index contributed by atoms with van der Waals surface area (Å²) in [5.41, 5.74) is 9.90. The Kier molecular flexibility index (Phi) is 9.91. The Bertz CT molecular complexity index is 1580. The minimum absolute atomic E-state index is 0.00378. The number of nitrogen functional groups attached to an aromatic ring is 1. The van der Waals surface area contributed by atoms with E-state index >= 15 is 0 Å². The van der Waals surface area contributed by atoms with Crippen molar-refractivity contribution in [2.45, 2.75) is 63.6 Å². The van der Waals surface area contributed by atoms with Gasteiger partial charge in [-0.25, -0.2) is 9.59 Å². The number of likely N-dealkylation sites (N-methyl/N-ethyl adjacent to an activating group) is 1. The van der Waals surface area contributed by atoms with Gasteiger partial charge in [0.05, 0.1) is 21.7 Å². The van der Waals surface area contributed by atoms with Gasteiger partial charge >= 0.3 is 11.7 Å². The molecule has 11 nitrogen and oxygen atoms in total. The van der Waals surface area contributed by atoms with Crippen molar-refractivity contribution in [3.8, 4) is 0 Å². The second-order valence-corrected chi connectivity index (χ2v) is 13.7. The van der Waals surface area contributed by atoms with Crippen LogP contribution in [0.1, 0.15) is 49.3 Å². The van der Waals surface area contributed by atoms with E-state index in [-0.39, 0.29) is 23.7 Å². The molecule has 0 spiro atoms. The third kappa shape index (κ3) is 7.06. The van der Waals surface area contributed by atoms with E-state index in [1.165, 1.54) is 6.42 Å². The number of likely N-dealkylation sites (tertiary alicyclic amines) is 2. The lowest BCUT2D eigenvalue weighted by Gasteiger charge is -2.39. The fraction of sp³-hybridized carbons (Fsp3) is 0.559. The van der Waals surface area contributed by atoms with Crippen LogP contribution in [-0.4, -0.2) is 113 Å². The molecule has 1 atom stereocenters. The number of urea groups is 1. The Morgan fingerprint density at radius 2 is 1.65 bits per heavy atom. The number of para-hydroxylation sites is 2. The molecule has 3 fully saturated rings. The van der Waals surface area contributed by atoms with Gasteiger partial charge in [0.1, 0.15) is 6.04 Å². The van der Waals surface area contributed by atoms with Crippen molar-refractivity contribution < 1.29 is 9.59 Å². The summed E-state index contributed by atoms with van der Waals surface area (Å²) in [6.07, 6.45) is 4.67. The smallest absolute Gasteiger partial charge is 0.326 e. The molecule has 3 amide bonds. The maximum absolute atomic E-state index is 14.1. The number of piperidine rings is 2. The van der Waals surface area contributed by atoms with Gasteiger partial charge < -0.3 is 30.7 Å². The zero-order chi connectivity index (χ0) is 32.4. The Morgan fingerprint density at radius 3 is 2.39 bits per heavy atom. The monoisotopic (exact) mass is 650 g/mol. The number of imidazole rings is 1. The van der Waals surface area contributed by atoms with E-state index in [4.69, 9.17) is 17.3 Å². The number of aromatic amines is 1. The van der Waals surface area contributed by atoms with Crippen molar-refractivity contribution in [1.29, 1.82) is 0 Å². The highest BCUT2D eigenvalue weighted by Crippen LogP contribution is 2.27. The lowest BCUT2D eigenvalue weighted by atomic mass is 9.99. The Hall–Kier alpha value is -3.54. The third-order valence-corrected chi connectivity index (χ3v) is 10.5. The van der Waals surface area contributed by atoms with Gasteiger partial charge in [-0.05, 0) is 88.5 Å². The molecule has 1 aromatic heterocycles. The first-order valence-corrected chi connectivity index (χ1v) is 17.1. The molecule has 0 radical (unpaired) electrons. The molecule has 3 aliphatic rings. The lowest BCUT2D eigenvalue weighted by Crippen LogP contribution is -2.56. The van der Waals surface area contributed by atoms with Crippen LogP contribution in [0, 0.1) is 6.92 Å². The second-order valence-electron chi connectivity index (χ2n) is 13.3. The maximum atomic E-state index is 14.1. The summed E-state index contributed by atoms with van der Waals surface area (Å²) in [6, 6.07) is 10.9. The van der Waals surface area contributed by atoms with E-state index in [1.807, 2.05) is 46.7 Å². The van der Waals surface area contributed by atoms with Gasteiger partial charge in [-0.1, -0.05) is 29.8 Å². The average molecular weight is 651 g/mol. The minimum Gasteiger partial charge on any atom is -0.397 e. The van der Waals surface area contributed by atoms with Gasteiger partial charge in [-0.2, -0.15) is 0 Å². The lowest BCUT2D eigenvalue weighted by molar-refractivity contribution is -0.134. The number of hydrogen-bond donors (Lipinski definition) is 3. The molecule has 3 aromatic rings. The number of benzene rings is 2. The summed E-state index contributed by atoms with van der Waals surface area (Å²) in [7, 11) is 2.18. The molecular formula is C34H47ClN8O3. The fourth-order valence-corrected chi connectivity index (χ4v) is 7.78. The topological polar surface area (TPSA) is 123 Å². The standard InChI is InChI=1S/C34H47ClN8O3/c1-23-20-24(21-27(35)31(23)36)22-29(32(44)41-14-8-25(9-15-41)40-13-5-12-39(2)18-19-40)38-33(45)42-16-10-26(11-17-42)43-30-7-4-3-6-28(30)37-34(43)46/h3-4,6-7,20-21,25-26,29H,5,8-19,22,36H2,1-2H3,(H,37,46)(H,38,45)/t29-/m1/s1. The number of fused-ring (bicyclic) bond motifs is 1. The zero-order valence-corrected chi connectivity index (χ0v) is 27.8. The number of nitrogens with two attached hydrogens (primary N) is 1. The van der Waals surface area contributed by atoms with Crippen LogP contribution < -0.4 is 16.7 Å². The van der Waals surface area contributed by atoms with Crippen molar-refractivity contribution in [3.05, 3.63) is 63.0 Å². The normalized spacial score (nSPS) is 20.2. The van der Waals surface area contributed by atoms with Gasteiger partial charge in [0.15, 0.2) is 0 Å². The van der Waals surface area contributed by atoms with E-state index in [9.17, 15) is 14.4 Å². The van der Waals surface area contributed by atoms with Crippen LogP contribution in [-0.2, 0) is 11.2 Å². The number of amides is 3. The first kappa shape index (κ1) is 32.4. The van der Waals surface area contributed by atoms with Crippen LogP contribution in [0.5, 0.6) is 0 Å². The molecule has 4 N–H and O–H groups in total. The largest absolute Gasteiger partial charge is 0.397 e. The molecule has 0 saturated carbocycles. The van der Waals surface area contributed by atoms with Gasteiger partial charge in [-0.3, -0.25) is 14.3 Å². The SMILES string of the molecule is Cc1cc(C[C@@H](NC(=O)N2CCC(n3c(=O)[nH]c4ccccc43)CC2)C(=O)N2CCC(N3CCCN(C)CC3)CC2)cc(Cl)c1N. The van der Waals surface area contributed by atoms with E-state index in [1.54, 1.807) is 11.0 Å². The number of halogens is 1. The quantitative estimate of drug-likeness (QED) is 0.351. The van der Waals surface area contributed by atoms with Crippen molar-refractivity contribution in [2.75, 3.05) is 65.1 Å². The summed E-state index contributed by atoms with van der Waals surface area (Å²) < 4.78 is 1.82. The highest BCUT2D eigenvalue weighted by Gasteiger charge is 2.34. The highest BCUT2D eigenvalue weighted by atomic mass is 35.5. The number of rotatable bonds is 6. The summed E-state index contributed by atoms with van der Waals surface area (Å²) in [6.45, 7) is 8.60. The molecule has 2 aromatic carbocycles. The van der Waals surface area contributed by atoms with Gasteiger partial charge in [0.25, 0.3) is 0 Å². The van der Waals surface area contributed by atoms with Crippen LogP contribution >= 0.6 is 11.6 Å². The number of nitrogens with one attached hydrogen (secondary N) is 2. The summed E-state index contributed by atoms with van der Waals surface area (Å²) in [5, 5.41) is 3.54. The summed E-state index contributed by atoms with van der Waals surface area (Å²) in [4.78, 5) is 52.1. The molecule has 0 unspecified atom stereocenters. The summed E-state index contributed by atoms with van der Waals surface area (Å²) >= 11 is 6.42. The molecule has 4 heterocycles. The maximum Gasteiger partial charge on any atom is 0.326 e. The number of aromatic nitrogens is 2. The van der Waals surface area contributed by atoms with Gasteiger partial charge in [0.2, 0.25) is 5.91 Å². The Labute approximate surface area is 275 Å². The summed E-state index contributed by atoms with van der Waals surface area (Å²) in [5.74, 6) is -0.0618. The van der Waals surface area contributed by atoms with Gasteiger partial charge in [0, 0.05) is 57.8 Å². The second kappa shape index (κ2) is 14.1. The van der Waals surface area contributed by atoms with Crippen molar-refractivity contribution in [1.82, 2.24) is 34.5 Å². The van der Waals surface area contributed by atoms with Crippen LogP contribution in [0.3, 0.4) is 0 Å². The van der Waals surface area contributed by atoms with E-state index < -0.39 is 6.04 Å². The number of aryl methyl sites for hydroxylation is 1. The minimum atomic E-state index is -0.732. The Morgan fingerprint density at radius 1 is 0.957 bits per heavy atom. The molecule has 12 heteroatoms. The molecule has 3 aliphatic heterocycles. The molecule has 248 valence electrons. The van der Waals surface area contributed by atoms with Crippen molar-refractivity contribution in [3.63, 3.8) is 0 Å². The highest BCUT2D eigenvalue weighted by molar-refractivity contribution is 6.33. The first-order chi connectivity index (χ1) is 22.2. The van der Waals surface area contributed by atoms with Crippen molar-refractivity contribution in [2.24, 2.45) is 0 Å². The fourth-order valence-electron chi connectivity index (χ4n) is 7.49. The first-order valence-electron chi connectivity index (χ1n) is 16.7. The molecule has 46 heavy (non-hydrogen) atoms. The molecular weight excluding hydrogens is 604 g/mol. The van der Waals surface area contributed by atoms with Crippen LogP contribution in [0.4, 0.5) is 10.5 Å². The number of hydrogen-bond acceptors (Lipinski definition) is 6. The number of anilines is 1. The number of H-pyrrole nitrogens is 1. The zero-order valence-electron chi connectivity index (χ0n) is 27.0. The number of carbonyl (C=O) groups is 2.